The van der Waals surface area contributed by atoms with Crippen molar-refractivity contribution in [1.82, 2.24) is 19.1 Å². The van der Waals surface area contributed by atoms with Crippen LogP contribution in [-0.4, -0.2) is 25.1 Å². The molecular weight excluding hydrogens is 671 g/mol. The summed E-state index contributed by atoms with van der Waals surface area (Å²) in [6.45, 7) is 0. The number of para-hydroxylation sites is 6. The molecule has 55 heavy (non-hydrogen) atoms. The van der Waals surface area contributed by atoms with Gasteiger partial charge in [0, 0.05) is 55.3 Å². The van der Waals surface area contributed by atoms with E-state index >= 15 is 0 Å². The number of hydrogen-bond donors (Lipinski definition) is 0. The van der Waals surface area contributed by atoms with Gasteiger partial charge in [-0.15, -0.1) is 0 Å². The summed E-state index contributed by atoms with van der Waals surface area (Å²) in [7, 11) is 0. The molecule has 0 bridgehead atoms. The van der Waals surface area contributed by atoms with Gasteiger partial charge in [-0.05, 0) is 65.7 Å². The molecule has 3 aromatic heterocycles. The molecule has 5 heterocycles. The highest BCUT2D eigenvalue weighted by Gasteiger charge is 2.50. The van der Waals surface area contributed by atoms with Crippen LogP contribution < -0.4 is 4.90 Å². The molecule has 256 valence electrons. The van der Waals surface area contributed by atoms with Gasteiger partial charge in [0.15, 0.2) is 0 Å². The Hall–Kier alpha value is -7.24. The second-order valence-electron chi connectivity index (χ2n) is 14.9. The molecule has 0 amide bonds. The van der Waals surface area contributed by atoms with Crippen LogP contribution in [0.3, 0.4) is 0 Å². The van der Waals surface area contributed by atoms with Crippen LogP contribution in [0.1, 0.15) is 28.3 Å². The minimum Gasteiger partial charge on any atom is -0.312 e. The van der Waals surface area contributed by atoms with Gasteiger partial charge in [0.2, 0.25) is 5.95 Å². The lowest BCUT2D eigenvalue weighted by Gasteiger charge is -2.34. The number of nitrogens with zero attached hydrogens (tertiary/aromatic N) is 5. The standard InChI is InChI=1S/C50H31N5/c1-2-15-30(16-3-1)53-42-26-12-7-20-34(42)45-36(22-14-28-44(45)53)47-33-19-4-9-23-39(33)51-50(52-47)55-41-25-11-6-18-32(41)38-29-37-31-17-5-10-24-40(31)54-43-27-13-8-21-35(43)46(48(37)54)49(38)55/h1-29,46,49H. The topological polar surface area (TPSA) is 38.9 Å². The van der Waals surface area contributed by atoms with Crippen molar-refractivity contribution in [2.45, 2.75) is 12.0 Å². The summed E-state index contributed by atoms with van der Waals surface area (Å²) >= 11 is 0. The molecule has 0 N–H and O–H groups in total. The van der Waals surface area contributed by atoms with E-state index in [1.807, 2.05) is 0 Å². The average molecular weight is 702 g/mol. The highest BCUT2D eigenvalue weighted by atomic mass is 15.3. The number of fused-ring (bicyclic) bond motifs is 14. The average Bonchev–Trinajstić information content (AvgIpc) is 3.97. The smallest absolute Gasteiger partial charge is 0.231 e. The summed E-state index contributed by atoms with van der Waals surface area (Å²) < 4.78 is 4.89. The summed E-state index contributed by atoms with van der Waals surface area (Å²) in [6.07, 6.45) is 2.46. The van der Waals surface area contributed by atoms with Crippen molar-refractivity contribution < 1.29 is 0 Å². The summed E-state index contributed by atoms with van der Waals surface area (Å²) in [6, 6.07) is 61.2. The molecule has 3 aliphatic rings. The van der Waals surface area contributed by atoms with E-state index in [0.717, 1.165) is 39.1 Å². The van der Waals surface area contributed by atoms with Gasteiger partial charge >= 0.3 is 0 Å². The number of hydrogen-bond acceptors (Lipinski definition) is 3. The molecule has 2 atom stereocenters. The second-order valence-corrected chi connectivity index (χ2v) is 14.9. The van der Waals surface area contributed by atoms with Crippen LogP contribution in [0.5, 0.6) is 0 Å². The third-order valence-corrected chi connectivity index (χ3v) is 12.2. The van der Waals surface area contributed by atoms with Crippen LogP contribution >= 0.6 is 0 Å². The van der Waals surface area contributed by atoms with E-state index in [2.05, 4.69) is 190 Å². The third-order valence-electron chi connectivity index (χ3n) is 12.2. The maximum atomic E-state index is 5.69. The monoisotopic (exact) mass is 701 g/mol. The molecule has 0 saturated heterocycles. The Bertz CT molecular complexity index is 3290. The fourth-order valence-electron chi connectivity index (χ4n) is 10.1. The van der Waals surface area contributed by atoms with Crippen molar-refractivity contribution >= 4 is 66.9 Å². The van der Waals surface area contributed by atoms with Gasteiger partial charge < -0.3 is 14.0 Å². The summed E-state index contributed by atoms with van der Waals surface area (Å²) in [4.78, 5) is 13.6. The summed E-state index contributed by atoms with van der Waals surface area (Å²) in [5.74, 6) is 0.811. The van der Waals surface area contributed by atoms with Gasteiger partial charge in [-0.3, -0.25) is 0 Å². The van der Waals surface area contributed by atoms with Crippen LogP contribution in [0, 0.1) is 0 Å². The van der Waals surface area contributed by atoms with E-state index in [9.17, 15) is 0 Å². The molecule has 0 radical (unpaired) electrons. The van der Waals surface area contributed by atoms with Crippen molar-refractivity contribution in [2.24, 2.45) is 0 Å². The van der Waals surface area contributed by atoms with Crippen LogP contribution in [0.2, 0.25) is 0 Å². The largest absolute Gasteiger partial charge is 0.312 e. The molecular formula is C50H31N5. The quantitative estimate of drug-likeness (QED) is 0.184. The van der Waals surface area contributed by atoms with Crippen molar-refractivity contribution in [3.8, 4) is 22.6 Å². The molecule has 2 aliphatic heterocycles. The number of aromatic nitrogens is 4. The van der Waals surface area contributed by atoms with Crippen LogP contribution in [0.25, 0.3) is 77.9 Å². The predicted molar refractivity (Wildman–Crippen MR) is 225 cm³/mol. The van der Waals surface area contributed by atoms with E-state index in [1.165, 1.54) is 60.8 Å². The van der Waals surface area contributed by atoms with Gasteiger partial charge in [-0.25, -0.2) is 9.97 Å². The Labute approximate surface area is 316 Å². The number of rotatable bonds is 3. The lowest BCUT2D eigenvalue weighted by Crippen LogP contribution is -2.35. The molecule has 5 heteroatoms. The normalized spacial score (nSPS) is 16.4. The maximum absolute atomic E-state index is 5.69. The van der Waals surface area contributed by atoms with Gasteiger partial charge in [0.05, 0.1) is 45.4 Å². The first-order valence-corrected chi connectivity index (χ1v) is 19.0. The van der Waals surface area contributed by atoms with Crippen molar-refractivity contribution in [3.05, 3.63) is 192 Å². The molecule has 0 saturated carbocycles. The molecule has 0 spiro atoms. The zero-order valence-electron chi connectivity index (χ0n) is 29.6. The SMILES string of the molecule is C1=C2c3ccccc3N(c3nc(-c4cccc5c4c4ccccc4n5-c4ccccc4)c4ccccc4n3)C2C2c3ccccc3-n3c2c1c1ccccc13. The number of benzene rings is 7. The highest BCUT2D eigenvalue weighted by Crippen LogP contribution is 2.59. The summed E-state index contributed by atoms with van der Waals surface area (Å²) in [5, 5.41) is 4.73. The summed E-state index contributed by atoms with van der Waals surface area (Å²) in [5.41, 5.74) is 16.7. The van der Waals surface area contributed by atoms with Gasteiger partial charge in [-0.2, -0.15) is 0 Å². The molecule has 0 fully saturated rings. The van der Waals surface area contributed by atoms with Gasteiger partial charge in [0.1, 0.15) is 0 Å². The first-order valence-electron chi connectivity index (χ1n) is 19.0. The molecule has 7 aromatic carbocycles. The lowest BCUT2D eigenvalue weighted by atomic mass is 9.79. The van der Waals surface area contributed by atoms with Gasteiger partial charge in [0.25, 0.3) is 0 Å². The van der Waals surface area contributed by atoms with Crippen molar-refractivity contribution in [2.75, 3.05) is 4.90 Å². The Kier molecular flexibility index (Phi) is 5.68. The molecule has 1 aliphatic carbocycles. The van der Waals surface area contributed by atoms with Crippen molar-refractivity contribution in [1.29, 1.82) is 0 Å². The second kappa shape index (κ2) is 10.7. The highest BCUT2D eigenvalue weighted by molar-refractivity contribution is 6.17. The van der Waals surface area contributed by atoms with E-state index < -0.39 is 0 Å². The number of anilines is 2. The van der Waals surface area contributed by atoms with E-state index in [-0.39, 0.29) is 12.0 Å². The maximum Gasteiger partial charge on any atom is 0.231 e. The molecule has 10 aromatic rings. The zero-order valence-corrected chi connectivity index (χ0v) is 29.6. The predicted octanol–water partition coefficient (Wildman–Crippen LogP) is 11.9. The first-order chi connectivity index (χ1) is 27.3. The Morgan fingerprint density at radius 2 is 1.13 bits per heavy atom. The zero-order chi connectivity index (χ0) is 35.8. The minimum absolute atomic E-state index is 0.0265. The molecule has 5 nitrogen and oxygen atoms in total. The van der Waals surface area contributed by atoms with E-state index in [4.69, 9.17) is 9.97 Å². The third kappa shape index (κ3) is 3.76. The Balaban J connectivity index is 1.10. The fraction of sp³-hybridized carbons (Fsp3) is 0.0400. The van der Waals surface area contributed by atoms with E-state index in [1.54, 1.807) is 0 Å². The van der Waals surface area contributed by atoms with Crippen LogP contribution in [0.4, 0.5) is 11.6 Å². The lowest BCUT2D eigenvalue weighted by molar-refractivity contribution is 0.694. The fourth-order valence-corrected chi connectivity index (χ4v) is 10.1. The van der Waals surface area contributed by atoms with Crippen LogP contribution in [0.15, 0.2) is 170 Å². The Morgan fingerprint density at radius 1 is 0.473 bits per heavy atom. The molecule has 13 rings (SSSR count). The van der Waals surface area contributed by atoms with Crippen molar-refractivity contribution in [3.63, 3.8) is 0 Å². The van der Waals surface area contributed by atoms with Crippen LogP contribution in [-0.2, 0) is 0 Å². The first kappa shape index (κ1) is 29.2. The Morgan fingerprint density at radius 3 is 2.00 bits per heavy atom. The van der Waals surface area contributed by atoms with E-state index in [0.29, 0.717) is 5.95 Å². The molecule has 2 unspecified atom stereocenters. The minimum atomic E-state index is -0.0265. The van der Waals surface area contributed by atoms with Gasteiger partial charge in [-0.1, -0.05) is 121 Å².